The Morgan fingerprint density at radius 1 is 1.06 bits per heavy atom. The summed E-state index contributed by atoms with van der Waals surface area (Å²) in [6.07, 6.45) is 7.07. The maximum atomic E-state index is 14.5. The maximum absolute atomic E-state index is 14.5. The van der Waals surface area contributed by atoms with Gasteiger partial charge in [0.25, 0.3) is 0 Å². The number of hydrogen-bond acceptors (Lipinski definition) is 3. The van der Waals surface area contributed by atoms with Gasteiger partial charge in [-0.3, -0.25) is 0 Å². The third kappa shape index (κ3) is 5.57. The lowest BCUT2D eigenvalue weighted by atomic mass is 9.78. The molecule has 1 aromatic carbocycles. The second-order valence-electron chi connectivity index (χ2n) is 7.74. The van der Waals surface area contributed by atoms with Gasteiger partial charge in [0.2, 0.25) is 11.7 Å². The van der Waals surface area contributed by atoms with Crippen LogP contribution in [0.4, 0.5) is 17.6 Å². The van der Waals surface area contributed by atoms with E-state index in [4.69, 9.17) is 4.74 Å². The minimum absolute atomic E-state index is 0.0797. The van der Waals surface area contributed by atoms with Gasteiger partial charge in [-0.1, -0.05) is 18.2 Å². The summed E-state index contributed by atoms with van der Waals surface area (Å²) in [5, 5.41) is 0. The maximum Gasteiger partial charge on any atom is 0.430 e. The van der Waals surface area contributed by atoms with Crippen molar-refractivity contribution in [3.63, 3.8) is 0 Å². The molecule has 168 valence electrons. The Bertz CT molecular complexity index is 891. The van der Waals surface area contributed by atoms with Crippen LogP contribution in [0.25, 0.3) is 0 Å². The van der Waals surface area contributed by atoms with Gasteiger partial charge < -0.3 is 9.47 Å². The van der Waals surface area contributed by atoms with E-state index in [2.05, 4.69) is 21.9 Å². The molecule has 31 heavy (non-hydrogen) atoms. The number of nitrogens with zero attached hydrogens (tertiary/aromatic N) is 1. The molecule has 1 aliphatic rings. The number of allylic oxidation sites excluding steroid dienone is 2. The summed E-state index contributed by atoms with van der Waals surface area (Å²) in [7, 11) is 0. The van der Waals surface area contributed by atoms with Crippen molar-refractivity contribution in [2.24, 2.45) is 5.92 Å². The van der Waals surface area contributed by atoms with Gasteiger partial charge in [-0.2, -0.15) is 13.2 Å². The monoisotopic (exact) mass is 437 g/mol. The van der Waals surface area contributed by atoms with Crippen molar-refractivity contribution >= 4 is 0 Å². The fourth-order valence-corrected chi connectivity index (χ4v) is 3.96. The quantitative estimate of drug-likeness (QED) is 0.325. The smallest absolute Gasteiger partial charge is 0.430 e. The number of pyridine rings is 1. The van der Waals surface area contributed by atoms with Crippen molar-refractivity contribution in [2.45, 2.75) is 58.0 Å². The molecule has 0 atom stereocenters. The molecule has 1 heterocycles. The lowest BCUT2D eigenvalue weighted by molar-refractivity contribution is -0.189. The largest absolute Gasteiger partial charge is 0.491 e. The van der Waals surface area contributed by atoms with E-state index in [-0.39, 0.29) is 12.5 Å². The Kier molecular flexibility index (Phi) is 7.57. The molecular weight excluding hydrogens is 410 g/mol. The highest BCUT2D eigenvalue weighted by Gasteiger charge is 2.40. The van der Waals surface area contributed by atoms with E-state index in [1.165, 1.54) is 12.3 Å². The van der Waals surface area contributed by atoms with Gasteiger partial charge in [0.1, 0.15) is 5.56 Å². The van der Waals surface area contributed by atoms with Crippen molar-refractivity contribution in [1.82, 2.24) is 4.98 Å². The Balaban J connectivity index is 1.66. The van der Waals surface area contributed by atoms with Crippen molar-refractivity contribution in [1.29, 1.82) is 0 Å². The van der Waals surface area contributed by atoms with E-state index < -0.39 is 29.1 Å². The Morgan fingerprint density at radius 2 is 1.81 bits per heavy atom. The Labute approximate surface area is 180 Å². The number of rotatable bonds is 8. The van der Waals surface area contributed by atoms with Gasteiger partial charge in [0.15, 0.2) is 11.6 Å². The first-order valence-electron chi connectivity index (χ1n) is 10.6. The van der Waals surface area contributed by atoms with Crippen LogP contribution in [-0.2, 0) is 6.11 Å². The van der Waals surface area contributed by atoms with Crippen LogP contribution in [0, 0.1) is 17.6 Å². The first-order valence-corrected chi connectivity index (χ1v) is 10.6. The zero-order valence-electron chi connectivity index (χ0n) is 17.7. The second kappa shape index (κ2) is 10.2. The van der Waals surface area contributed by atoms with Crippen molar-refractivity contribution in [3.05, 3.63) is 65.4 Å². The summed E-state index contributed by atoms with van der Waals surface area (Å²) >= 11 is 0. The van der Waals surface area contributed by atoms with Crippen LogP contribution in [0.3, 0.4) is 0 Å². The molecule has 3 nitrogen and oxygen atoms in total. The van der Waals surface area contributed by atoms with Gasteiger partial charge in [-0.05, 0) is 75.5 Å². The van der Waals surface area contributed by atoms with E-state index in [9.17, 15) is 17.6 Å². The molecule has 7 heteroatoms. The van der Waals surface area contributed by atoms with E-state index in [1.54, 1.807) is 13.0 Å². The number of hydrogen-bond donors (Lipinski definition) is 0. The predicted molar refractivity (Wildman–Crippen MR) is 110 cm³/mol. The van der Waals surface area contributed by atoms with Gasteiger partial charge in [-0.15, -0.1) is 0 Å². The van der Waals surface area contributed by atoms with Crippen molar-refractivity contribution in [2.75, 3.05) is 6.61 Å². The van der Waals surface area contributed by atoms with E-state index in [1.807, 2.05) is 6.92 Å². The normalized spacial score (nSPS) is 19.5. The highest BCUT2D eigenvalue weighted by molar-refractivity contribution is 5.33. The third-order valence-electron chi connectivity index (χ3n) is 5.68. The first-order chi connectivity index (χ1) is 14.9. The number of ether oxygens (including phenoxy) is 2. The summed E-state index contributed by atoms with van der Waals surface area (Å²) in [6.45, 7) is 3.68. The Morgan fingerprint density at radius 3 is 2.42 bits per heavy atom. The SMILES string of the molecule is C/C=C\CC1CCC(c2ccc(OC(F)(F)c3ccc(OCC)c(F)c3F)nc2)CC1. The number of alkyl halides is 2. The van der Waals surface area contributed by atoms with Crippen LogP contribution >= 0.6 is 0 Å². The average molecular weight is 437 g/mol. The highest BCUT2D eigenvalue weighted by Crippen LogP contribution is 2.38. The second-order valence-corrected chi connectivity index (χ2v) is 7.74. The minimum Gasteiger partial charge on any atom is -0.491 e. The number of halogens is 4. The molecule has 0 saturated heterocycles. The molecule has 3 rings (SSSR count). The van der Waals surface area contributed by atoms with Crippen molar-refractivity contribution < 1.29 is 27.0 Å². The topological polar surface area (TPSA) is 31.4 Å². The number of aromatic nitrogens is 1. The molecule has 0 radical (unpaired) electrons. The zero-order chi connectivity index (χ0) is 22.4. The molecule has 1 fully saturated rings. The zero-order valence-corrected chi connectivity index (χ0v) is 17.7. The molecular formula is C24H27F4NO2. The van der Waals surface area contributed by atoms with Crippen LogP contribution in [0.5, 0.6) is 11.6 Å². The number of benzene rings is 1. The molecule has 2 aromatic rings. The first kappa shape index (κ1) is 23.1. The molecule has 1 saturated carbocycles. The van der Waals surface area contributed by atoms with Gasteiger partial charge >= 0.3 is 6.11 Å². The molecule has 0 spiro atoms. The van der Waals surface area contributed by atoms with E-state index >= 15 is 0 Å². The molecule has 1 aromatic heterocycles. The molecule has 0 amide bonds. The van der Waals surface area contributed by atoms with Gasteiger partial charge in [0, 0.05) is 12.3 Å². The molecule has 1 aliphatic carbocycles. The molecule has 0 N–H and O–H groups in total. The van der Waals surface area contributed by atoms with Crippen LogP contribution in [0.1, 0.15) is 63.0 Å². The fraction of sp³-hybridized carbons (Fsp3) is 0.458. The van der Waals surface area contributed by atoms with Crippen LogP contribution in [0.15, 0.2) is 42.6 Å². The fourth-order valence-electron chi connectivity index (χ4n) is 3.96. The van der Waals surface area contributed by atoms with Crippen LogP contribution in [-0.4, -0.2) is 11.6 Å². The van der Waals surface area contributed by atoms with Crippen LogP contribution in [0.2, 0.25) is 0 Å². The standard InChI is InChI=1S/C24H27F4NO2/c1-3-5-6-16-7-9-17(10-8-16)18-11-14-21(29-15-18)31-24(27,28)19-12-13-20(30-4-2)23(26)22(19)25/h3,5,11-17H,4,6-10H2,1-2H3/b5-3-. The van der Waals surface area contributed by atoms with E-state index in [0.29, 0.717) is 11.8 Å². The highest BCUT2D eigenvalue weighted by atomic mass is 19.3. The lowest BCUT2D eigenvalue weighted by Gasteiger charge is -2.28. The Hall–Kier alpha value is -2.57. The summed E-state index contributed by atoms with van der Waals surface area (Å²) in [5.74, 6) is -2.95. The third-order valence-corrected chi connectivity index (χ3v) is 5.68. The molecule has 0 aliphatic heterocycles. The summed E-state index contributed by atoms with van der Waals surface area (Å²) in [5.41, 5.74) is -0.239. The molecule has 0 bridgehead atoms. The predicted octanol–water partition coefficient (Wildman–Crippen LogP) is 7.13. The van der Waals surface area contributed by atoms with E-state index in [0.717, 1.165) is 49.8 Å². The lowest BCUT2D eigenvalue weighted by Crippen LogP contribution is -2.24. The average Bonchev–Trinajstić information content (AvgIpc) is 2.76. The summed E-state index contributed by atoms with van der Waals surface area (Å²) < 4.78 is 66.6. The molecule has 0 unspecified atom stereocenters. The van der Waals surface area contributed by atoms with Gasteiger partial charge in [0.05, 0.1) is 6.61 Å². The summed E-state index contributed by atoms with van der Waals surface area (Å²) in [4.78, 5) is 3.98. The summed E-state index contributed by atoms with van der Waals surface area (Å²) in [6, 6.07) is 4.77. The van der Waals surface area contributed by atoms with Gasteiger partial charge in [-0.25, -0.2) is 9.37 Å². The van der Waals surface area contributed by atoms with Crippen molar-refractivity contribution in [3.8, 4) is 11.6 Å². The minimum atomic E-state index is -4.09. The van der Waals surface area contributed by atoms with Crippen LogP contribution < -0.4 is 9.47 Å².